The van der Waals surface area contributed by atoms with Crippen LogP contribution in [0.1, 0.15) is 31.4 Å². The van der Waals surface area contributed by atoms with Gasteiger partial charge < -0.3 is 4.74 Å². The average molecular weight is 317 g/mol. The molecule has 0 aliphatic rings. The molecule has 0 heterocycles. The van der Waals surface area contributed by atoms with E-state index >= 15 is 0 Å². The van der Waals surface area contributed by atoms with Crippen molar-refractivity contribution in [2.24, 2.45) is 4.99 Å². The van der Waals surface area contributed by atoms with Gasteiger partial charge in [-0.3, -0.25) is 4.99 Å². The van der Waals surface area contributed by atoms with Gasteiger partial charge in [-0.25, -0.2) is 0 Å². The third kappa shape index (κ3) is 3.65. The zero-order chi connectivity index (χ0) is 16.8. The fraction of sp³-hybridized carbons (Fsp3) is 0.227. The molecule has 0 N–H and O–H groups in total. The lowest BCUT2D eigenvalue weighted by Crippen LogP contribution is -1.99. The molecule has 0 aliphatic heterocycles. The summed E-state index contributed by atoms with van der Waals surface area (Å²) in [5, 5.41) is 2.36. The van der Waals surface area contributed by atoms with Gasteiger partial charge in [0.15, 0.2) is 0 Å². The number of aliphatic imine (C=N–C) groups is 1. The van der Waals surface area contributed by atoms with E-state index in [0.29, 0.717) is 6.61 Å². The summed E-state index contributed by atoms with van der Waals surface area (Å²) in [7, 11) is 0. The fourth-order valence-corrected chi connectivity index (χ4v) is 2.70. The number of ether oxygens (including phenoxy) is 1. The lowest BCUT2D eigenvalue weighted by atomic mass is 10.0. The Morgan fingerprint density at radius 2 is 1.71 bits per heavy atom. The molecule has 3 aromatic carbocycles. The molecule has 0 atom stereocenters. The molecule has 0 bridgehead atoms. The summed E-state index contributed by atoms with van der Waals surface area (Å²) >= 11 is 0. The van der Waals surface area contributed by atoms with Gasteiger partial charge in [0.05, 0.1) is 12.3 Å². The van der Waals surface area contributed by atoms with Gasteiger partial charge in [-0.1, -0.05) is 56.3 Å². The van der Waals surface area contributed by atoms with Crippen LogP contribution in [-0.2, 0) is 6.42 Å². The van der Waals surface area contributed by atoms with E-state index in [1.165, 1.54) is 16.3 Å². The quantitative estimate of drug-likeness (QED) is 0.515. The van der Waals surface area contributed by atoms with Crippen LogP contribution < -0.4 is 4.74 Å². The molecule has 0 radical (unpaired) electrons. The molecule has 0 fully saturated rings. The summed E-state index contributed by atoms with van der Waals surface area (Å²) in [5.41, 5.74) is 3.33. The SMILES string of the molecule is CCCOc1ccc2ccccc2c1C=Nc1ccc(CC)cc1. The zero-order valence-corrected chi connectivity index (χ0v) is 14.3. The maximum atomic E-state index is 5.93. The highest BCUT2D eigenvalue weighted by Crippen LogP contribution is 2.27. The van der Waals surface area contributed by atoms with Crippen LogP contribution in [-0.4, -0.2) is 12.8 Å². The highest BCUT2D eigenvalue weighted by molar-refractivity contribution is 6.03. The van der Waals surface area contributed by atoms with Gasteiger partial charge in [0.1, 0.15) is 5.75 Å². The van der Waals surface area contributed by atoms with Crippen LogP contribution in [0, 0.1) is 0 Å². The Morgan fingerprint density at radius 3 is 2.46 bits per heavy atom. The van der Waals surface area contributed by atoms with Crippen LogP contribution in [0.5, 0.6) is 5.75 Å². The van der Waals surface area contributed by atoms with Crippen molar-refractivity contribution >= 4 is 22.7 Å². The molecule has 2 heteroatoms. The van der Waals surface area contributed by atoms with E-state index in [1.807, 2.05) is 12.3 Å². The maximum Gasteiger partial charge on any atom is 0.128 e. The number of nitrogens with zero attached hydrogens (tertiary/aromatic N) is 1. The molecule has 0 saturated carbocycles. The maximum absolute atomic E-state index is 5.93. The summed E-state index contributed by atoms with van der Waals surface area (Å²) in [5.74, 6) is 0.893. The second-order valence-electron chi connectivity index (χ2n) is 5.83. The Balaban J connectivity index is 1.99. The highest BCUT2D eigenvalue weighted by atomic mass is 16.5. The van der Waals surface area contributed by atoms with Crippen LogP contribution in [0.3, 0.4) is 0 Å². The minimum Gasteiger partial charge on any atom is -0.493 e. The van der Waals surface area contributed by atoms with E-state index in [1.54, 1.807) is 0 Å². The van der Waals surface area contributed by atoms with Gasteiger partial charge in [0, 0.05) is 11.8 Å². The summed E-state index contributed by atoms with van der Waals surface area (Å²) in [6, 6.07) is 20.9. The highest BCUT2D eigenvalue weighted by Gasteiger charge is 2.07. The molecule has 0 spiro atoms. The standard InChI is InChI=1S/C22H23NO/c1-3-15-24-22-14-11-18-7-5-6-8-20(18)21(22)16-23-19-12-9-17(4-2)10-13-19/h5-14,16H,3-4,15H2,1-2H3. The topological polar surface area (TPSA) is 21.6 Å². The molecular formula is C22H23NO. The summed E-state index contributed by atoms with van der Waals surface area (Å²) < 4.78 is 5.93. The Morgan fingerprint density at radius 1 is 0.917 bits per heavy atom. The van der Waals surface area contributed by atoms with E-state index in [0.717, 1.165) is 29.8 Å². The number of fused-ring (bicyclic) bond motifs is 1. The lowest BCUT2D eigenvalue weighted by Gasteiger charge is -2.11. The molecule has 0 aliphatic carbocycles. The van der Waals surface area contributed by atoms with Gasteiger partial charge in [0.2, 0.25) is 0 Å². The van der Waals surface area contributed by atoms with Crippen LogP contribution in [0.25, 0.3) is 10.8 Å². The lowest BCUT2D eigenvalue weighted by molar-refractivity contribution is 0.317. The van der Waals surface area contributed by atoms with Gasteiger partial charge in [-0.15, -0.1) is 0 Å². The predicted molar refractivity (Wildman–Crippen MR) is 103 cm³/mol. The third-order valence-electron chi connectivity index (χ3n) is 4.08. The molecule has 0 aromatic heterocycles. The van der Waals surface area contributed by atoms with Crippen molar-refractivity contribution in [2.75, 3.05) is 6.61 Å². The molecule has 0 saturated heterocycles. The Kier molecular flexibility index (Phi) is 5.27. The van der Waals surface area contributed by atoms with Crippen molar-refractivity contribution in [1.82, 2.24) is 0 Å². The van der Waals surface area contributed by atoms with Crippen molar-refractivity contribution in [3.05, 3.63) is 71.8 Å². The van der Waals surface area contributed by atoms with Crippen molar-refractivity contribution < 1.29 is 4.74 Å². The zero-order valence-electron chi connectivity index (χ0n) is 14.3. The summed E-state index contributed by atoms with van der Waals surface area (Å²) in [6.45, 7) is 4.99. The van der Waals surface area contributed by atoms with E-state index in [-0.39, 0.29) is 0 Å². The number of hydrogen-bond donors (Lipinski definition) is 0. The first-order valence-electron chi connectivity index (χ1n) is 8.59. The van der Waals surface area contributed by atoms with Gasteiger partial charge in [-0.05, 0) is 47.4 Å². The molecule has 0 amide bonds. The number of hydrogen-bond acceptors (Lipinski definition) is 2. The van der Waals surface area contributed by atoms with Crippen LogP contribution >= 0.6 is 0 Å². The Hall–Kier alpha value is -2.61. The van der Waals surface area contributed by atoms with E-state index in [9.17, 15) is 0 Å². The molecule has 122 valence electrons. The average Bonchev–Trinajstić information content (AvgIpc) is 2.65. The largest absolute Gasteiger partial charge is 0.493 e. The molecule has 3 rings (SSSR count). The Labute approximate surface area is 143 Å². The summed E-state index contributed by atoms with van der Waals surface area (Å²) in [4.78, 5) is 4.67. The van der Waals surface area contributed by atoms with Crippen LogP contribution in [0.4, 0.5) is 5.69 Å². The first-order chi connectivity index (χ1) is 11.8. The number of rotatable bonds is 6. The number of benzene rings is 3. The van der Waals surface area contributed by atoms with Crippen LogP contribution in [0.15, 0.2) is 65.7 Å². The molecule has 3 aromatic rings. The smallest absolute Gasteiger partial charge is 0.128 e. The Bertz CT molecular complexity index is 834. The van der Waals surface area contributed by atoms with Gasteiger partial charge in [-0.2, -0.15) is 0 Å². The van der Waals surface area contributed by atoms with Crippen molar-refractivity contribution in [1.29, 1.82) is 0 Å². The first-order valence-corrected chi connectivity index (χ1v) is 8.59. The second-order valence-corrected chi connectivity index (χ2v) is 5.83. The predicted octanol–water partition coefficient (Wildman–Crippen LogP) is 5.94. The third-order valence-corrected chi connectivity index (χ3v) is 4.08. The first kappa shape index (κ1) is 16.3. The van der Waals surface area contributed by atoms with E-state index < -0.39 is 0 Å². The number of aryl methyl sites for hydroxylation is 1. The monoisotopic (exact) mass is 317 g/mol. The van der Waals surface area contributed by atoms with Crippen molar-refractivity contribution in [2.45, 2.75) is 26.7 Å². The van der Waals surface area contributed by atoms with Crippen molar-refractivity contribution in [3.63, 3.8) is 0 Å². The molecule has 0 unspecified atom stereocenters. The normalized spacial score (nSPS) is 11.2. The van der Waals surface area contributed by atoms with Crippen molar-refractivity contribution in [3.8, 4) is 5.75 Å². The molecule has 24 heavy (non-hydrogen) atoms. The minimum atomic E-state index is 0.713. The van der Waals surface area contributed by atoms with Gasteiger partial charge >= 0.3 is 0 Å². The summed E-state index contributed by atoms with van der Waals surface area (Å²) in [6.07, 6.45) is 3.96. The fourth-order valence-electron chi connectivity index (χ4n) is 2.70. The molecule has 2 nitrogen and oxygen atoms in total. The van der Waals surface area contributed by atoms with E-state index in [4.69, 9.17) is 4.74 Å². The second kappa shape index (κ2) is 7.78. The van der Waals surface area contributed by atoms with E-state index in [2.05, 4.69) is 73.4 Å². The molecular weight excluding hydrogens is 294 g/mol. The minimum absolute atomic E-state index is 0.713. The van der Waals surface area contributed by atoms with Crippen LogP contribution in [0.2, 0.25) is 0 Å². The van der Waals surface area contributed by atoms with Gasteiger partial charge in [0.25, 0.3) is 0 Å².